The van der Waals surface area contributed by atoms with Gasteiger partial charge in [-0.2, -0.15) is 5.10 Å². The fourth-order valence-electron chi connectivity index (χ4n) is 1.52. The van der Waals surface area contributed by atoms with Crippen molar-refractivity contribution in [1.82, 2.24) is 9.78 Å². The molecule has 6 heteroatoms. The Morgan fingerprint density at radius 3 is 2.94 bits per heavy atom. The number of fused-ring (bicyclic) bond motifs is 1. The van der Waals surface area contributed by atoms with Gasteiger partial charge in [-0.15, -0.1) is 0 Å². The number of carbonyl (C=O) groups is 1. The maximum atomic E-state index is 11.5. The van der Waals surface area contributed by atoms with Crippen LogP contribution >= 0.6 is 15.9 Å². The standard InChI is InChI=1S/C10H9BrN2O3/c1-13-4-6-8(11)7(14)3-5(9(6)12-13)10(15)16-2/h3-4,14H,1-2H3. The number of rotatable bonds is 1. The number of ether oxygens (including phenoxy) is 1. The molecule has 0 aliphatic heterocycles. The van der Waals surface area contributed by atoms with E-state index < -0.39 is 5.97 Å². The first-order valence-corrected chi connectivity index (χ1v) is 5.27. The number of aromatic hydroxyl groups is 1. The van der Waals surface area contributed by atoms with E-state index in [-0.39, 0.29) is 11.3 Å². The van der Waals surface area contributed by atoms with E-state index in [0.717, 1.165) is 0 Å². The maximum Gasteiger partial charge on any atom is 0.340 e. The lowest BCUT2D eigenvalue weighted by Gasteiger charge is -2.03. The van der Waals surface area contributed by atoms with Gasteiger partial charge in [-0.3, -0.25) is 4.68 Å². The van der Waals surface area contributed by atoms with Gasteiger partial charge in [-0.05, 0) is 22.0 Å². The lowest BCUT2D eigenvalue weighted by atomic mass is 10.1. The van der Waals surface area contributed by atoms with Crippen LogP contribution in [0.25, 0.3) is 10.9 Å². The molecule has 0 bridgehead atoms. The summed E-state index contributed by atoms with van der Waals surface area (Å²) in [7, 11) is 3.03. The summed E-state index contributed by atoms with van der Waals surface area (Å²) in [6.45, 7) is 0. The Hall–Kier alpha value is -1.56. The Morgan fingerprint density at radius 2 is 2.31 bits per heavy atom. The summed E-state index contributed by atoms with van der Waals surface area (Å²) in [6.07, 6.45) is 1.71. The Bertz CT molecular complexity index is 577. The summed E-state index contributed by atoms with van der Waals surface area (Å²) in [5.41, 5.74) is 0.748. The van der Waals surface area contributed by atoms with E-state index in [1.165, 1.54) is 13.2 Å². The molecule has 0 aliphatic carbocycles. The average molecular weight is 285 g/mol. The summed E-state index contributed by atoms with van der Waals surface area (Å²) in [6, 6.07) is 1.34. The summed E-state index contributed by atoms with van der Waals surface area (Å²) in [4.78, 5) is 11.5. The second-order valence-corrected chi connectivity index (χ2v) is 4.11. The molecule has 0 aliphatic rings. The highest BCUT2D eigenvalue weighted by atomic mass is 79.9. The second kappa shape index (κ2) is 3.79. The van der Waals surface area contributed by atoms with E-state index in [2.05, 4.69) is 25.8 Å². The van der Waals surface area contributed by atoms with Gasteiger partial charge in [0.25, 0.3) is 0 Å². The van der Waals surface area contributed by atoms with Gasteiger partial charge in [-0.25, -0.2) is 4.79 Å². The normalized spacial score (nSPS) is 10.7. The minimum Gasteiger partial charge on any atom is -0.507 e. The molecule has 2 rings (SSSR count). The van der Waals surface area contributed by atoms with Crippen molar-refractivity contribution in [3.8, 4) is 5.75 Å². The predicted octanol–water partition coefficient (Wildman–Crippen LogP) is 1.83. The molecule has 0 amide bonds. The molecule has 1 aromatic heterocycles. The largest absolute Gasteiger partial charge is 0.507 e. The van der Waals surface area contributed by atoms with Crippen molar-refractivity contribution in [1.29, 1.82) is 0 Å². The zero-order valence-electron chi connectivity index (χ0n) is 8.69. The monoisotopic (exact) mass is 284 g/mol. The van der Waals surface area contributed by atoms with E-state index in [1.807, 2.05) is 0 Å². The molecular formula is C10H9BrN2O3. The van der Waals surface area contributed by atoms with E-state index in [1.54, 1.807) is 17.9 Å². The van der Waals surface area contributed by atoms with Crippen molar-refractivity contribution in [2.24, 2.45) is 7.05 Å². The summed E-state index contributed by atoms with van der Waals surface area (Å²) in [5.74, 6) is -0.535. The van der Waals surface area contributed by atoms with Crippen LogP contribution in [0.2, 0.25) is 0 Å². The third kappa shape index (κ3) is 1.55. The highest BCUT2D eigenvalue weighted by Gasteiger charge is 2.18. The number of nitrogens with zero attached hydrogens (tertiary/aromatic N) is 2. The number of hydrogen-bond acceptors (Lipinski definition) is 4. The van der Waals surface area contributed by atoms with Gasteiger partial charge in [-0.1, -0.05) is 0 Å². The first-order valence-electron chi connectivity index (χ1n) is 4.47. The molecule has 0 spiro atoms. The third-order valence-corrected chi connectivity index (χ3v) is 3.07. The molecule has 16 heavy (non-hydrogen) atoms. The lowest BCUT2D eigenvalue weighted by molar-refractivity contribution is 0.0602. The second-order valence-electron chi connectivity index (χ2n) is 3.31. The summed E-state index contributed by atoms with van der Waals surface area (Å²) >= 11 is 3.24. The van der Waals surface area contributed by atoms with Gasteiger partial charge in [0, 0.05) is 18.6 Å². The number of carbonyl (C=O) groups excluding carboxylic acids is 1. The number of benzene rings is 1. The lowest BCUT2D eigenvalue weighted by Crippen LogP contribution is -2.02. The first kappa shape index (κ1) is 10.9. The minimum atomic E-state index is -0.522. The van der Waals surface area contributed by atoms with Crippen molar-refractivity contribution in [2.45, 2.75) is 0 Å². The molecule has 0 fully saturated rings. The molecule has 0 saturated heterocycles. The Kier molecular flexibility index (Phi) is 2.59. The molecule has 1 aromatic carbocycles. The molecule has 0 saturated carbocycles. The molecule has 84 valence electrons. The smallest absolute Gasteiger partial charge is 0.340 e. The van der Waals surface area contributed by atoms with Crippen LogP contribution in [0.4, 0.5) is 0 Å². The fraction of sp³-hybridized carbons (Fsp3) is 0.200. The SMILES string of the molecule is COC(=O)c1cc(O)c(Br)c2cn(C)nc12. The van der Waals surface area contributed by atoms with Crippen LogP contribution in [-0.2, 0) is 11.8 Å². The van der Waals surface area contributed by atoms with Gasteiger partial charge in [0.1, 0.15) is 11.3 Å². The van der Waals surface area contributed by atoms with E-state index in [4.69, 9.17) is 0 Å². The van der Waals surface area contributed by atoms with E-state index in [0.29, 0.717) is 15.4 Å². The van der Waals surface area contributed by atoms with Crippen LogP contribution in [0.15, 0.2) is 16.7 Å². The number of hydrogen-bond donors (Lipinski definition) is 1. The van der Waals surface area contributed by atoms with Gasteiger partial charge in [0.2, 0.25) is 0 Å². The van der Waals surface area contributed by atoms with E-state index in [9.17, 15) is 9.90 Å². The zero-order valence-corrected chi connectivity index (χ0v) is 10.3. The number of esters is 1. The Morgan fingerprint density at radius 1 is 1.62 bits per heavy atom. The molecule has 0 radical (unpaired) electrons. The minimum absolute atomic E-state index is 0.0131. The van der Waals surface area contributed by atoms with Gasteiger partial charge >= 0.3 is 5.97 Å². The van der Waals surface area contributed by atoms with Crippen molar-refractivity contribution in [3.63, 3.8) is 0 Å². The van der Waals surface area contributed by atoms with Crippen molar-refractivity contribution >= 4 is 32.8 Å². The first-order chi connectivity index (χ1) is 7.54. The molecular weight excluding hydrogens is 276 g/mol. The van der Waals surface area contributed by atoms with Crippen LogP contribution in [0.3, 0.4) is 0 Å². The number of halogens is 1. The van der Waals surface area contributed by atoms with Gasteiger partial charge < -0.3 is 9.84 Å². The number of phenols is 1. The topological polar surface area (TPSA) is 64.3 Å². The Balaban J connectivity index is 2.84. The van der Waals surface area contributed by atoms with Crippen LogP contribution in [-0.4, -0.2) is 28.0 Å². The molecule has 5 nitrogen and oxygen atoms in total. The number of methoxy groups -OCH3 is 1. The van der Waals surface area contributed by atoms with Crippen molar-refractivity contribution in [3.05, 3.63) is 22.3 Å². The number of phenolic OH excluding ortho intramolecular Hbond substituents is 1. The number of aromatic nitrogens is 2. The molecule has 0 unspecified atom stereocenters. The fourth-order valence-corrected chi connectivity index (χ4v) is 1.92. The van der Waals surface area contributed by atoms with Crippen LogP contribution in [0, 0.1) is 0 Å². The van der Waals surface area contributed by atoms with Crippen molar-refractivity contribution < 1.29 is 14.6 Å². The molecule has 1 N–H and O–H groups in total. The van der Waals surface area contributed by atoms with Crippen LogP contribution in [0.1, 0.15) is 10.4 Å². The maximum absolute atomic E-state index is 11.5. The highest BCUT2D eigenvalue weighted by molar-refractivity contribution is 9.10. The number of aryl methyl sites for hydroxylation is 1. The Labute approximate surface area is 99.8 Å². The predicted molar refractivity (Wildman–Crippen MR) is 61.4 cm³/mol. The van der Waals surface area contributed by atoms with Crippen LogP contribution < -0.4 is 0 Å². The highest BCUT2D eigenvalue weighted by Crippen LogP contribution is 2.34. The van der Waals surface area contributed by atoms with Crippen molar-refractivity contribution in [2.75, 3.05) is 7.11 Å². The average Bonchev–Trinajstić information content (AvgIpc) is 2.64. The molecule has 2 aromatic rings. The van der Waals surface area contributed by atoms with Gasteiger partial charge in [0.05, 0.1) is 17.1 Å². The third-order valence-electron chi connectivity index (χ3n) is 2.23. The van der Waals surface area contributed by atoms with E-state index >= 15 is 0 Å². The zero-order chi connectivity index (χ0) is 11.9. The summed E-state index contributed by atoms with van der Waals surface area (Å²) in [5, 5.41) is 14.5. The quantitative estimate of drug-likeness (QED) is 0.812. The molecule has 1 heterocycles. The summed E-state index contributed by atoms with van der Waals surface area (Å²) < 4.78 is 6.72. The van der Waals surface area contributed by atoms with Gasteiger partial charge in [0.15, 0.2) is 0 Å². The van der Waals surface area contributed by atoms with Crippen LogP contribution in [0.5, 0.6) is 5.75 Å². The molecule has 0 atom stereocenters.